The highest BCUT2D eigenvalue weighted by atomic mass is 19.1. The van der Waals surface area contributed by atoms with E-state index < -0.39 is 0 Å². The summed E-state index contributed by atoms with van der Waals surface area (Å²) in [7, 11) is 0. The van der Waals surface area contributed by atoms with Crippen LogP contribution < -0.4 is 10.6 Å². The van der Waals surface area contributed by atoms with Crippen LogP contribution in [0.1, 0.15) is 60.1 Å². The summed E-state index contributed by atoms with van der Waals surface area (Å²) in [5, 5.41) is 6.93. The molecule has 2 saturated heterocycles. The Kier molecular flexibility index (Phi) is 6.83. The first-order valence-corrected chi connectivity index (χ1v) is 12.0. The first-order valence-electron chi connectivity index (χ1n) is 12.0. The minimum absolute atomic E-state index is 0.117. The fourth-order valence-corrected chi connectivity index (χ4v) is 5.51. The molecule has 0 saturated carbocycles. The second-order valence-corrected chi connectivity index (χ2v) is 9.17. The van der Waals surface area contributed by atoms with Crippen LogP contribution in [0.25, 0.3) is 0 Å². The fourth-order valence-electron chi connectivity index (χ4n) is 5.51. The van der Waals surface area contributed by atoms with Gasteiger partial charge in [-0.2, -0.15) is 0 Å². The molecule has 0 spiro atoms. The van der Waals surface area contributed by atoms with Gasteiger partial charge in [-0.05, 0) is 98.1 Å². The zero-order chi connectivity index (χ0) is 21.9. The normalized spacial score (nSPS) is 29.1. The molecule has 2 aromatic carbocycles. The molecule has 4 heterocycles. The Bertz CT molecular complexity index is 851. The van der Waals surface area contributed by atoms with E-state index in [0.29, 0.717) is 25.3 Å². The molecule has 0 aromatic heterocycles. The third-order valence-electron chi connectivity index (χ3n) is 7.09. The summed E-state index contributed by atoms with van der Waals surface area (Å²) < 4.78 is 38.0. The molecule has 32 heavy (non-hydrogen) atoms. The largest absolute Gasteiger partial charge is 0.372 e. The summed E-state index contributed by atoms with van der Waals surface area (Å²) in [6, 6.07) is 11.0. The van der Waals surface area contributed by atoms with Gasteiger partial charge in [0.1, 0.15) is 11.6 Å². The SMILES string of the molecule is Fc1ccc2c(c1)CCO[C@@H]2[C@H]1CCCN1.Fc1ccc2c(c1)CCO[C@H]2[C@H]1CCCN1. The lowest BCUT2D eigenvalue weighted by atomic mass is 9.92. The predicted molar refractivity (Wildman–Crippen MR) is 120 cm³/mol. The van der Waals surface area contributed by atoms with Crippen molar-refractivity contribution in [3.8, 4) is 0 Å². The highest BCUT2D eigenvalue weighted by Gasteiger charge is 2.31. The number of hydrogen-bond acceptors (Lipinski definition) is 4. The average Bonchev–Trinajstić information content (AvgIpc) is 3.53. The van der Waals surface area contributed by atoms with Crippen molar-refractivity contribution in [1.29, 1.82) is 0 Å². The Labute approximate surface area is 188 Å². The van der Waals surface area contributed by atoms with Gasteiger partial charge in [0.05, 0.1) is 25.4 Å². The second kappa shape index (κ2) is 9.96. The lowest BCUT2D eigenvalue weighted by Crippen LogP contribution is -2.33. The minimum Gasteiger partial charge on any atom is -0.372 e. The van der Waals surface area contributed by atoms with E-state index in [1.54, 1.807) is 12.1 Å². The highest BCUT2D eigenvalue weighted by Crippen LogP contribution is 2.34. The third kappa shape index (κ3) is 4.74. The molecule has 2 N–H and O–H groups in total. The first kappa shape index (κ1) is 22.0. The van der Waals surface area contributed by atoms with Crippen molar-refractivity contribution in [3.63, 3.8) is 0 Å². The quantitative estimate of drug-likeness (QED) is 0.724. The zero-order valence-electron chi connectivity index (χ0n) is 18.4. The molecule has 172 valence electrons. The summed E-state index contributed by atoms with van der Waals surface area (Å²) in [6.45, 7) is 3.56. The summed E-state index contributed by atoms with van der Waals surface area (Å²) in [4.78, 5) is 0. The van der Waals surface area contributed by atoms with Crippen LogP contribution in [0.2, 0.25) is 0 Å². The molecule has 6 heteroatoms. The van der Waals surface area contributed by atoms with Gasteiger partial charge in [-0.15, -0.1) is 0 Å². The van der Waals surface area contributed by atoms with Gasteiger partial charge in [0.2, 0.25) is 0 Å². The smallest absolute Gasteiger partial charge is 0.123 e. The number of benzene rings is 2. The van der Waals surface area contributed by atoms with Crippen LogP contribution in [-0.2, 0) is 22.3 Å². The number of hydrogen-bond donors (Lipinski definition) is 2. The van der Waals surface area contributed by atoms with Gasteiger partial charge in [0, 0.05) is 12.1 Å². The predicted octanol–water partition coefficient (Wildman–Crippen LogP) is 4.38. The fraction of sp³-hybridized carbons (Fsp3) is 0.538. The number of ether oxygens (including phenoxy) is 2. The molecule has 2 aromatic rings. The van der Waals surface area contributed by atoms with E-state index in [2.05, 4.69) is 10.6 Å². The summed E-state index contributed by atoms with van der Waals surface area (Å²) in [5.41, 5.74) is 4.58. The van der Waals surface area contributed by atoms with Crippen molar-refractivity contribution in [2.75, 3.05) is 26.3 Å². The van der Waals surface area contributed by atoms with Crippen LogP contribution in [0, 0.1) is 11.6 Å². The Balaban J connectivity index is 0.000000135. The lowest BCUT2D eigenvalue weighted by Gasteiger charge is -2.30. The number of rotatable bonds is 2. The van der Waals surface area contributed by atoms with Crippen molar-refractivity contribution in [3.05, 3.63) is 70.3 Å². The molecule has 2 fully saturated rings. The van der Waals surface area contributed by atoms with Gasteiger partial charge in [-0.1, -0.05) is 12.1 Å². The molecule has 0 amide bonds. The van der Waals surface area contributed by atoms with E-state index in [1.165, 1.54) is 36.1 Å². The van der Waals surface area contributed by atoms with E-state index >= 15 is 0 Å². The Morgan fingerprint density at radius 3 is 1.56 bits per heavy atom. The number of nitrogens with one attached hydrogen (secondary N) is 2. The molecular weight excluding hydrogens is 410 g/mol. The van der Waals surface area contributed by atoms with E-state index in [0.717, 1.165) is 49.9 Å². The standard InChI is InChI=1S/2C13H16FNO/c2*14-10-3-4-11-9(8-10)5-7-16-13(11)12-2-1-6-15-12/h2*3-4,8,12-13,15H,1-2,5-7H2/t12-,13+;12-,13-/m11/s1. The summed E-state index contributed by atoms with van der Waals surface area (Å²) in [6.07, 6.45) is 6.62. The van der Waals surface area contributed by atoms with E-state index in [4.69, 9.17) is 9.47 Å². The molecule has 0 radical (unpaired) electrons. The Morgan fingerprint density at radius 2 is 1.16 bits per heavy atom. The molecule has 4 aliphatic heterocycles. The maximum atomic E-state index is 13.1. The van der Waals surface area contributed by atoms with Crippen molar-refractivity contribution >= 4 is 0 Å². The zero-order valence-corrected chi connectivity index (χ0v) is 18.4. The van der Waals surface area contributed by atoms with Crippen LogP contribution >= 0.6 is 0 Å². The van der Waals surface area contributed by atoms with Crippen LogP contribution in [0.3, 0.4) is 0 Å². The number of fused-ring (bicyclic) bond motifs is 2. The molecule has 4 atom stereocenters. The summed E-state index contributed by atoms with van der Waals surface area (Å²) >= 11 is 0. The van der Waals surface area contributed by atoms with Gasteiger partial charge in [-0.25, -0.2) is 8.78 Å². The lowest BCUT2D eigenvalue weighted by molar-refractivity contribution is 0.0197. The first-order chi connectivity index (χ1) is 15.7. The second-order valence-electron chi connectivity index (χ2n) is 9.17. The maximum absolute atomic E-state index is 13.1. The minimum atomic E-state index is -0.140. The monoisotopic (exact) mass is 442 g/mol. The van der Waals surface area contributed by atoms with E-state index in [1.807, 2.05) is 12.1 Å². The van der Waals surface area contributed by atoms with Crippen molar-refractivity contribution < 1.29 is 18.3 Å². The molecule has 0 bridgehead atoms. The molecule has 4 aliphatic rings. The van der Waals surface area contributed by atoms with Gasteiger partial charge in [0.25, 0.3) is 0 Å². The van der Waals surface area contributed by atoms with Crippen molar-refractivity contribution in [1.82, 2.24) is 10.6 Å². The van der Waals surface area contributed by atoms with Gasteiger partial charge in [0.15, 0.2) is 0 Å². The topological polar surface area (TPSA) is 42.5 Å². The maximum Gasteiger partial charge on any atom is 0.123 e. The molecule has 0 unspecified atom stereocenters. The Morgan fingerprint density at radius 1 is 0.688 bits per heavy atom. The van der Waals surface area contributed by atoms with Crippen molar-refractivity contribution in [2.24, 2.45) is 0 Å². The molecule has 0 aliphatic carbocycles. The average molecular weight is 443 g/mol. The molecular formula is C26H32F2N2O2. The van der Waals surface area contributed by atoms with Crippen LogP contribution in [0.15, 0.2) is 36.4 Å². The van der Waals surface area contributed by atoms with Crippen molar-refractivity contribution in [2.45, 2.75) is 62.8 Å². The molecule has 6 rings (SSSR count). The number of halogens is 2. The van der Waals surface area contributed by atoms with Gasteiger partial charge < -0.3 is 20.1 Å². The van der Waals surface area contributed by atoms with E-state index in [-0.39, 0.29) is 23.8 Å². The van der Waals surface area contributed by atoms with E-state index in [9.17, 15) is 8.78 Å². The third-order valence-corrected chi connectivity index (χ3v) is 7.09. The highest BCUT2D eigenvalue weighted by molar-refractivity contribution is 5.33. The van der Waals surface area contributed by atoms with Crippen LogP contribution in [0.4, 0.5) is 8.78 Å². The van der Waals surface area contributed by atoms with Crippen LogP contribution in [-0.4, -0.2) is 38.4 Å². The Hall–Kier alpha value is -1.86. The van der Waals surface area contributed by atoms with Crippen LogP contribution in [0.5, 0.6) is 0 Å². The van der Waals surface area contributed by atoms with Gasteiger partial charge >= 0.3 is 0 Å². The van der Waals surface area contributed by atoms with Gasteiger partial charge in [-0.3, -0.25) is 0 Å². The molecule has 4 nitrogen and oxygen atoms in total. The summed E-state index contributed by atoms with van der Waals surface area (Å²) in [5.74, 6) is -0.280.